The summed E-state index contributed by atoms with van der Waals surface area (Å²) in [5.41, 5.74) is 0.988. The first-order valence-electron chi connectivity index (χ1n) is 6.40. The summed E-state index contributed by atoms with van der Waals surface area (Å²) in [6.07, 6.45) is 3.34. The maximum atomic E-state index is 11.7. The molecule has 0 heterocycles. The fourth-order valence-electron chi connectivity index (χ4n) is 1.72. The maximum Gasteiger partial charge on any atom is 0.326 e. The van der Waals surface area contributed by atoms with E-state index in [9.17, 15) is 9.59 Å². The Balaban J connectivity index is 2.43. The van der Waals surface area contributed by atoms with Crippen LogP contribution in [0.25, 0.3) is 0 Å². The predicted octanol–water partition coefficient (Wildman–Crippen LogP) is 2.81. The lowest BCUT2D eigenvalue weighted by Crippen LogP contribution is -2.40. The lowest BCUT2D eigenvalue weighted by Gasteiger charge is -2.13. The van der Waals surface area contributed by atoms with Gasteiger partial charge in [-0.25, -0.2) is 4.79 Å². The van der Waals surface area contributed by atoms with Gasteiger partial charge in [-0.05, 0) is 37.0 Å². The van der Waals surface area contributed by atoms with Gasteiger partial charge in [0, 0.05) is 11.4 Å². The summed E-state index contributed by atoms with van der Waals surface area (Å²) in [5.74, 6) is -1.29. The van der Waals surface area contributed by atoms with Gasteiger partial charge >= 0.3 is 5.97 Å². The second kappa shape index (κ2) is 8.38. The zero-order valence-electron chi connectivity index (χ0n) is 11.1. The summed E-state index contributed by atoms with van der Waals surface area (Å²) in [5, 5.41) is 12.2. The van der Waals surface area contributed by atoms with Gasteiger partial charge in [-0.1, -0.05) is 29.8 Å². The molecule has 0 aromatic heterocycles. The van der Waals surface area contributed by atoms with Crippen LogP contribution in [0.3, 0.4) is 0 Å². The van der Waals surface area contributed by atoms with Crippen LogP contribution in [0.4, 0.5) is 0 Å². The molecule has 0 radical (unpaired) electrons. The highest BCUT2D eigenvalue weighted by Crippen LogP contribution is 2.11. The molecule has 1 aromatic rings. The fourth-order valence-corrected chi connectivity index (χ4v) is 1.84. The molecule has 5 heteroatoms. The second-order valence-electron chi connectivity index (χ2n) is 4.45. The van der Waals surface area contributed by atoms with Crippen molar-refractivity contribution in [2.45, 2.75) is 31.7 Å². The van der Waals surface area contributed by atoms with E-state index in [0.29, 0.717) is 24.3 Å². The third-order valence-corrected chi connectivity index (χ3v) is 3.10. The van der Waals surface area contributed by atoms with Crippen molar-refractivity contribution in [2.24, 2.45) is 0 Å². The number of nitrogens with one attached hydrogen (secondary N) is 1. The van der Waals surface area contributed by atoms with E-state index in [1.54, 1.807) is 18.2 Å². The van der Waals surface area contributed by atoms with E-state index in [-0.39, 0.29) is 12.3 Å². The molecule has 0 saturated carbocycles. The first-order valence-corrected chi connectivity index (χ1v) is 6.78. The maximum absolute atomic E-state index is 11.7. The molecule has 2 N–H and O–H groups in total. The molecule has 0 aliphatic heterocycles. The quantitative estimate of drug-likeness (QED) is 0.725. The number of allylic oxidation sites excluding steroid dienone is 1. The van der Waals surface area contributed by atoms with E-state index in [4.69, 9.17) is 16.7 Å². The lowest BCUT2D eigenvalue weighted by atomic mass is 10.1. The Bertz CT molecular complexity index is 471. The van der Waals surface area contributed by atoms with Crippen LogP contribution in [0.5, 0.6) is 0 Å². The van der Waals surface area contributed by atoms with Crippen LogP contribution >= 0.6 is 11.6 Å². The molecule has 1 amide bonds. The van der Waals surface area contributed by atoms with Crippen molar-refractivity contribution in [1.82, 2.24) is 5.32 Å². The van der Waals surface area contributed by atoms with Gasteiger partial charge < -0.3 is 10.4 Å². The Morgan fingerprint density at radius 2 is 2.00 bits per heavy atom. The number of amides is 1. The minimum atomic E-state index is -1.02. The zero-order chi connectivity index (χ0) is 15.0. The van der Waals surface area contributed by atoms with Crippen molar-refractivity contribution < 1.29 is 14.7 Å². The number of carbonyl (C=O) groups excluding carboxylic acids is 1. The molecule has 0 aliphatic rings. The summed E-state index contributed by atoms with van der Waals surface area (Å²) in [6, 6.07) is 6.37. The van der Waals surface area contributed by atoms with Crippen LogP contribution in [0.2, 0.25) is 5.02 Å². The Kier molecular flexibility index (Phi) is 6.81. The van der Waals surface area contributed by atoms with Crippen LogP contribution in [0, 0.1) is 0 Å². The van der Waals surface area contributed by atoms with Crippen LogP contribution in [-0.4, -0.2) is 23.0 Å². The highest BCUT2D eigenvalue weighted by atomic mass is 35.5. The Morgan fingerprint density at radius 3 is 2.55 bits per heavy atom. The van der Waals surface area contributed by atoms with E-state index in [1.165, 1.54) is 0 Å². The molecule has 0 fully saturated rings. The van der Waals surface area contributed by atoms with Crippen LogP contribution in [-0.2, 0) is 16.0 Å². The first kappa shape index (κ1) is 16.2. The largest absolute Gasteiger partial charge is 0.480 e. The standard InChI is InChI=1S/C15H18ClNO3/c1-2-3-4-13(15(19)20)17-14(18)10-7-11-5-8-12(16)9-6-11/h2,5-6,8-9,13H,1,3-4,7,10H2,(H,17,18)(H,19,20). The molecule has 0 bridgehead atoms. The van der Waals surface area contributed by atoms with Crippen molar-refractivity contribution in [3.63, 3.8) is 0 Å². The number of benzene rings is 1. The van der Waals surface area contributed by atoms with Gasteiger partial charge in [-0.3, -0.25) is 4.79 Å². The SMILES string of the molecule is C=CCCC(NC(=O)CCc1ccc(Cl)cc1)C(=O)O. The average Bonchev–Trinajstić information content (AvgIpc) is 2.42. The number of aryl methyl sites for hydroxylation is 1. The van der Waals surface area contributed by atoms with Crippen molar-refractivity contribution in [3.05, 3.63) is 47.5 Å². The zero-order valence-corrected chi connectivity index (χ0v) is 11.9. The van der Waals surface area contributed by atoms with Gasteiger partial charge in [0.15, 0.2) is 0 Å². The van der Waals surface area contributed by atoms with Gasteiger partial charge in [0.2, 0.25) is 5.91 Å². The first-order chi connectivity index (χ1) is 9.52. The van der Waals surface area contributed by atoms with Gasteiger partial charge in [0.1, 0.15) is 6.04 Å². The van der Waals surface area contributed by atoms with E-state index in [0.717, 1.165) is 5.56 Å². The summed E-state index contributed by atoms with van der Waals surface area (Å²) in [4.78, 5) is 22.7. The molecule has 0 aliphatic carbocycles. The molecular formula is C15H18ClNO3. The molecule has 20 heavy (non-hydrogen) atoms. The van der Waals surface area contributed by atoms with Gasteiger partial charge in [0.25, 0.3) is 0 Å². The van der Waals surface area contributed by atoms with Gasteiger partial charge in [-0.15, -0.1) is 6.58 Å². The van der Waals surface area contributed by atoms with Crippen LogP contribution in [0.15, 0.2) is 36.9 Å². The van der Waals surface area contributed by atoms with E-state index in [2.05, 4.69) is 11.9 Å². The highest BCUT2D eigenvalue weighted by Gasteiger charge is 2.18. The molecule has 1 unspecified atom stereocenters. The number of hydrogen-bond acceptors (Lipinski definition) is 2. The number of carbonyl (C=O) groups is 2. The second-order valence-corrected chi connectivity index (χ2v) is 4.89. The number of rotatable bonds is 8. The minimum Gasteiger partial charge on any atom is -0.480 e. The minimum absolute atomic E-state index is 0.250. The van der Waals surface area contributed by atoms with Crippen molar-refractivity contribution in [1.29, 1.82) is 0 Å². The van der Waals surface area contributed by atoms with Gasteiger partial charge in [0.05, 0.1) is 0 Å². The van der Waals surface area contributed by atoms with E-state index < -0.39 is 12.0 Å². The fraction of sp³-hybridized carbons (Fsp3) is 0.333. The Morgan fingerprint density at radius 1 is 1.35 bits per heavy atom. The van der Waals surface area contributed by atoms with Crippen LogP contribution in [0.1, 0.15) is 24.8 Å². The number of carboxylic acid groups (broad SMARTS) is 1. The predicted molar refractivity (Wildman–Crippen MR) is 78.8 cm³/mol. The third-order valence-electron chi connectivity index (χ3n) is 2.85. The smallest absolute Gasteiger partial charge is 0.326 e. The van der Waals surface area contributed by atoms with Gasteiger partial charge in [-0.2, -0.15) is 0 Å². The summed E-state index contributed by atoms with van der Waals surface area (Å²) < 4.78 is 0. The molecule has 1 atom stereocenters. The normalized spacial score (nSPS) is 11.7. The lowest BCUT2D eigenvalue weighted by molar-refractivity contribution is -0.142. The number of aliphatic carboxylic acids is 1. The van der Waals surface area contributed by atoms with Crippen LogP contribution < -0.4 is 5.32 Å². The Hall–Kier alpha value is -1.81. The topological polar surface area (TPSA) is 66.4 Å². The van der Waals surface area contributed by atoms with Crippen molar-refractivity contribution in [3.8, 4) is 0 Å². The molecule has 0 spiro atoms. The molecule has 0 saturated heterocycles. The molecule has 4 nitrogen and oxygen atoms in total. The third kappa shape index (κ3) is 5.89. The molecular weight excluding hydrogens is 278 g/mol. The molecule has 1 aromatic carbocycles. The van der Waals surface area contributed by atoms with E-state index in [1.807, 2.05) is 12.1 Å². The molecule has 1 rings (SSSR count). The molecule has 108 valence electrons. The monoisotopic (exact) mass is 295 g/mol. The summed E-state index contributed by atoms with van der Waals surface area (Å²) in [6.45, 7) is 3.54. The van der Waals surface area contributed by atoms with E-state index >= 15 is 0 Å². The number of halogens is 1. The van der Waals surface area contributed by atoms with Crippen molar-refractivity contribution >= 4 is 23.5 Å². The summed E-state index contributed by atoms with van der Waals surface area (Å²) >= 11 is 5.77. The van der Waals surface area contributed by atoms with Crippen molar-refractivity contribution in [2.75, 3.05) is 0 Å². The summed E-state index contributed by atoms with van der Waals surface area (Å²) in [7, 11) is 0. The number of hydrogen-bond donors (Lipinski definition) is 2. The Labute approximate surface area is 123 Å². The highest BCUT2D eigenvalue weighted by molar-refractivity contribution is 6.30. The number of carboxylic acids is 1. The average molecular weight is 296 g/mol.